The molecule has 0 saturated carbocycles. The normalized spacial score (nSPS) is 14.5. The van der Waals surface area contributed by atoms with Crippen molar-refractivity contribution in [2.24, 2.45) is 0 Å². The standard InChI is InChI=1S/C33H40N4O5/c1-33(2,3)42-32(39)36-17-14-35(15-18-36)16-19-37-30-22-28(41-27-9-6-5-7-10-27)13-12-25(30)21-26(31(37)38)23-34(4)24-29-11-8-20-40-29/h5-13,20-22H,14-19,23-24H2,1-4H3. The Hall–Kier alpha value is -4.08. The SMILES string of the molecule is CN(Cc1ccco1)Cc1cc2ccc(Oc3ccccc3)cc2n(CCN2CCN(C(=O)OC(C)(C)C)CC2)c1=O. The Bertz CT molecular complexity index is 1530. The number of hydrogen-bond acceptors (Lipinski definition) is 7. The number of piperazine rings is 1. The molecule has 1 saturated heterocycles. The van der Waals surface area contributed by atoms with Gasteiger partial charge in [0.05, 0.1) is 18.3 Å². The van der Waals surface area contributed by atoms with Crippen molar-refractivity contribution >= 4 is 17.0 Å². The van der Waals surface area contributed by atoms with E-state index in [9.17, 15) is 9.59 Å². The van der Waals surface area contributed by atoms with Crippen LogP contribution in [-0.2, 0) is 24.4 Å². The molecular weight excluding hydrogens is 532 g/mol. The van der Waals surface area contributed by atoms with E-state index in [4.69, 9.17) is 13.9 Å². The highest BCUT2D eigenvalue weighted by molar-refractivity contribution is 5.81. The topological polar surface area (TPSA) is 80.4 Å². The number of aromatic nitrogens is 1. The lowest BCUT2D eigenvalue weighted by atomic mass is 10.1. The molecule has 5 rings (SSSR count). The predicted molar refractivity (Wildman–Crippen MR) is 163 cm³/mol. The highest BCUT2D eigenvalue weighted by Gasteiger charge is 2.26. The Balaban J connectivity index is 1.35. The van der Waals surface area contributed by atoms with Crippen LogP contribution in [0.4, 0.5) is 4.79 Å². The fourth-order valence-corrected chi connectivity index (χ4v) is 5.17. The second-order valence-corrected chi connectivity index (χ2v) is 11.8. The Morgan fingerprint density at radius 2 is 1.67 bits per heavy atom. The van der Waals surface area contributed by atoms with Gasteiger partial charge in [-0.05, 0) is 75.7 Å². The van der Waals surface area contributed by atoms with Crippen LogP contribution in [0.5, 0.6) is 11.5 Å². The number of ether oxygens (including phenoxy) is 2. The first-order chi connectivity index (χ1) is 20.1. The molecule has 9 nitrogen and oxygen atoms in total. The molecule has 9 heteroatoms. The number of rotatable bonds is 9. The van der Waals surface area contributed by atoms with Gasteiger partial charge in [0, 0.05) is 57.4 Å². The van der Waals surface area contributed by atoms with Crippen LogP contribution in [0.25, 0.3) is 10.9 Å². The molecule has 0 spiro atoms. The predicted octanol–water partition coefficient (Wildman–Crippen LogP) is 5.57. The Kier molecular flexibility index (Phi) is 8.99. The van der Waals surface area contributed by atoms with Gasteiger partial charge in [-0.2, -0.15) is 0 Å². The number of benzene rings is 2. The first kappa shape index (κ1) is 29.4. The molecule has 0 atom stereocenters. The third kappa shape index (κ3) is 7.60. The summed E-state index contributed by atoms with van der Waals surface area (Å²) in [5, 5.41) is 0.978. The quantitative estimate of drug-likeness (QED) is 0.259. The van der Waals surface area contributed by atoms with Gasteiger partial charge in [-0.1, -0.05) is 18.2 Å². The van der Waals surface area contributed by atoms with E-state index < -0.39 is 5.60 Å². The van der Waals surface area contributed by atoms with Crippen molar-refractivity contribution in [2.45, 2.75) is 46.0 Å². The van der Waals surface area contributed by atoms with Gasteiger partial charge in [0.2, 0.25) is 0 Å². The first-order valence-corrected chi connectivity index (χ1v) is 14.5. The zero-order valence-electron chi connectivity index (χ0n) is 24.9. The Morgan fingerprint density at radius 3 is 2.36 bits per heavy atom. The van der Waals surface area contributed by atoms with E-state index in [0.717, 1.165) is 41.1 Å². The van der Waals surface area contributed by atoms with Gasteiger partial charge in [-0.15, -0.1) is 0 Å². The van der Waals surface area contributed by atoms with Crippen molar-refractivity contribution in [3.05, 3.63) is 94.7 Å². The number of hydrogen-bond donors (Lipinski definition) is 0. The van der Waals surface area contributed by atoms with Crippen molar-refractivity contribution < 1.29 is 18.7 Å². The number of furan rings is 1. The van der Waals surface area contributed by atoms with Crippen molar-refractivity contribution in [1.29, 1.82) is 0 Å². The summed E-state index contributed by atoms with van der Waals surface area (Å²) in [5.41, 5.74) is 1.02. The van der Waals surface area contributed by atoms with Gasteiger partial charge in [-0.25, -0.2) is 4.79 Å². The highest BCUT2D eigenvalue weighted by atomic mass is 16.6. The van der Waals surface area contributed by atoms with E-state index in [2.05, 4.69) is 9.80 Å². The first-order valence-electron chi connectivity index (χ1n) is 14.5. The molecule has 0 aliphatic carbocycles. The molecule has 3 heterocycles. The summed E-state index contributed by atoms with van der Waals surface area (Å²) in [6.07, 6.45) is 1.39. The summed E-state index contributed by atoms with van der Waals surface area (Å²) >= 11 is 0. The molecular formula is C33H40N4O5. The molecule has 2 aromatic heterocycles. The van der Waals surface area contributed by atoms with Gasteiger partial charge in [0.1, 0.15) is 22.9 Å². The molecule has 0 radical (unpaired) electrons. The molecule has 0 unspecified atom stereocenters. The third-order valence-electron chi connectivity index (χ3n) is 7.23. The van der Waals surface area contributed by atoms with Crippen molar-refractivity contribution in [2.75, 3.05) is 39.8 Å². The van der Waals surface area contributed by atoms with Crippen molar-refractivity contribution in [1.82, 2.24) is 19.3 Å². The summed E-state index contributed by atoms with van der Waals surface area (Å²) in [6.45, 7) is 10.6. The Labute approximate surface area is 246 Å². The van der Waals surface area contributed by atoms with Crippen molar-refractivity contribution in [3.63, 3.8) is 0 Å². The molecule has 2 aromatic carbocycles. The van der Waals surface area contributed by atoms with E-state index in [-0.39, 0.29) is 11.7 Å². The lowest BCUT2D eigenvalue weighted by Gasteiger charge is -2.35. The number of pyridine rings is 1. The van der Waals surface area contributed by atoms with Crippen LogP contribution < -0.4 is 10.3 Å². The maximum Gasteiger partial charge on any atom is 0.410 e. The second kappa shape index (κ2) is 12.8. The number of carbonyl (C=O) groups excluding carboxylic acids is 1. The molecule has 42 heavy (non-hydrogen) atoms. The average Bonchev–Trinajstić information content (AvgIpc) is 3.46. The van der Waals surface area contributed by atoms with E-state index in [1.165, 1.54) is 0 Å². The van der Waals surface area contributed by atoms with Crippen molar-refractivity contribution in [3.8, 4) is 11.5 Å². The van der Waals surface area contributed by atoms with Crippen LogP contribution in [0, 0.1) is 0 Å². The average molecular weight is 573 g/mol. The Morgan fingerprint density at radius 1 is 0.905 bits per heavy atom. The highest BCUT2D eigenvalue weighted by Crippen LogP contribution is 2.26. The summed E-state index contributed by atoms with van der Waals surface area (Å²) < 4.78 is 19.0. The molecule has 1 aliphatic rings. The van der Waals surface area contributed by atoms with Crippen LogP contribution in [0.3, 0.4) is 0 Å². The molecule has 0 bridgehead atoms. The molecule has 222 valence electrons. The van der Waals surface area contributed by atoms with Gasteiger partial charge in [0.15, 0.2) is 0 Å². The minimum Gasteiger partial charge on any atom is -0.468 e. The molecule has 0 N–H and O–H groups in total. The maximum absolute atomic E-state index is 13.9. The third-order valence-corrected chi connectivity index (χ3v) is 7.23. The minimum absolute atomic E-state index is 0.0157. The monoisotopic (exact) mass is 572 g/mol. The summed E-state index contributed by atoms with van der Waals surface area (Å²) in [4.78, 5) is 32.5. The van der Waals surface area contributed by atoms with Gasteiger partial charge in [0.25, 0.3) is 5.56 Å². The lowest BCUT2D eigenvalue weighted by Crippen LogP contribution is -2.50. The zero-order chi connectivity index (χ0) is 29.7. The van der Waals surface area contributed by atoms with Gasteiger partial charge < -0.3 is 23.4 Å². The van der Waals surface area contributed by atoms with Crippen LogP contribution in [-0.4, -0.2) is 70.7 Å². The van der Waals surface area contributed by atoms with Gasteiger partial charge in [-0.3, -0.25) is 14.6 Å². The minimum atomic E-state index is -0.517. The van der Waals surface area contributed by atoms with Gasteiger partial charge >= 0.3 is 6.09 Å². The number of amides is 1. The van der Waals surface area contributed by atoms with E-state index >= 15 is 0 Å². The molecule has 4 aromatic rings. The smallest absolute Gasteiger partial charge is 0.410 e. The lowest BCUT2D eigenvalue weighted by molar-refractivity contribution is 0.0143. The molecule has 1 fully saturated rings. The number of fused-ring (bicyclic) bond motifs is 1. The largest absolute Gasteiger partial charge is 0.468 e. The molecule has 1 amide bonds. The molecule has 1 aliphatic heterocycles. The summed E-state index contributed by atoms with van der Waals surface area (Å²) in [7, 11) is 1.98. The number of carbonyl (C=O) groups is 1. The van der Waals surface area contributed by atoms with Crippen LogP contribution in [0.15, 0.2) is 82.2 Å². The fraction of sp³-hybridized carbons (Fsp3) is 0.394. The fourth-order valence-electron chi connectivity index (χ4n) is 5.17. The summed E-state index contributed by atoms with van der Waals surface area (Å²) in [5.74, 6) is 2.27. The van der Waals surface area contributed by atoms with E-state index in [1.807, 2.05) is 99.1 Å². The van der Waals surface area contributed by atoms with Crippen LogP contribution >= 0.6 is 0 Å². The van der Waals surface area contributed by atoms with E-state index in [0.29, 0.717) is 45.0 Å². The summed E-state index contributed by atoms with van der Waals surface area (Å²) in [6, 6.07) is 21.3. The zero-order valence-corrected chi connectivity index (χ0v) is 24.9. The number of nitrogens with zero attached hydrogens (tertiary/aromatic N) is 4. The van der Waals surface area contributed by atoms with E-state index in [1.54, 1.807) is 11.2 Å². The van der Waals surface area contributed by atoms with Crippen LogP contribution in [0.2, 0.25) is 0 Å². The maximum atomic E-state index is 13.9. The second-order valence-electron chi connectivity index (χ2n) is 11.8. The van der Waals surface area contributed by atoms with Crippen LogP contribution in [0.1, 0.15) is 32.1 Å². The number of para-hydroxylation sites is 1.